The number of oxazole rings is 1. The number of aryl methyl sites for hydroxylation is 1. The molecule has 0 amide bonds. The summed E-state index contributed by atoms with van der Waals surface area (Å²) in [5.41, 5.74) is 0.966. The number of esters is 1. The summed E-state index contributed by atoms with van der Waals surface area (Å²) in [6.07, 6.45) is 1.20. The topological polar surface area (TPSA) is 97.0 Å². The minimum atomic E-state index is -3.07. The third kappa shape index (κ3) is 4.71. The fourth-order valence-electron chi connectivity index (χ4n) is 4.01. The van der Waals surface area contributed by atoms with Crippen LogP contribution < -0.4 is 5.32 Å². The van der Waals surface area contributed by atoms with Gasteiger partial charge in [-0.05, 0) is 19.1 Å². The highest BCUT2D eigenvalue weighted by molar-refractivity contribution is 6.31. The van der Waals surface area contributed by atoms with Crippen LogP contribution in [0.4, 0.5) is 13.2 Å². The molecule has 1 unspecified atom stereocenters. The minimum absolute atomic E-state index is 0.00203. The first kappa shape index (κ1) is 24.0. The van der Waals surface area contributed by atoms with E-state index in [0.717, 1.165) is 19.2 Å². The van der Waals surface area contributed by atoms with Gasteiger partial charge in [-0.1, -0.05) is 17.7 Å². The van der Waals surface area contributed by atoms with Gasteiger partial charge in [0.2, 0.25) is 0 Å². The number of alkyl halides is 2. The molecule has 2 aliphatic rings. The number of aliphatic imine (C=N–C) groups is 1. The van der Waals surface area contributed by atoms with Crippen molar-refractivity contribution in [3.8, 4) is 0 Å². The van der Waals surface area contributed by atoms with Gasteiger partial charge in [0.1, 0.15) is 24.4 Å². The molecule has 0 saturated carbocycles. The average molecular weight is 497 g/mol. The monoisotopic (exact) mass is 496 g/mol. The van der Waals surface area contributed by atoms with E-state index in [-0.39, 0.29) is 40.1 Å². The summed E-state index contributed by atoms with van der Waals surface area (Å²) in [6.45, 7) is 0.794. The third-order valence-electron chi connectivity index (χ3n) is 5.54. The van der Waals surface area contributed by atoms with E-state index in [9.17, 15) is 22.8 Å². The maximum Gasteiger partial charge on any atom is 0.338 e. The Balaban J connectivity index is 1.84. The van der Waals surface area contributed by atoms with Crippen LogP contribution in [0.3, 0.4) is 0 Å². The number of amidine groups is 1. The Morgan fingerprint density at radius 3 is 2.82 bits per heavy atom. The highest BCUT2D eigenvalue weighted by Gasteiger charge is 2.46. The zero-order valence-corrected chi connectivity index (χ0v) is 18.9. The number of hydrogen-bond donors (Lipinski definition) is 1. The molecule has 0 bridgehead atoms. The normalized spacial score (nSPS) is 22.4. The van der Waals surface area contributed by atoms with Crippen LogP contribution in [0.2, 0.25) is 5.02 Å². The quantitative estimate of drug-likeness (QED) is 0.484. The summed E-state index contributed by atoms with van der Waals surface area (Å²) in [5.74, 6) is -4.27. The molecule has 8 nitrogen and oxygen atoms in total. The maximum atomic E-state index is 14.1. The fraction of sp³-hybridized carbons (Fsp3) is 0.364. The summed E-state index contributed by atoms with van der Waals surface area (Å²) >= 11 is 6.28. The van der Waals surface area contributed by atoms with E-state index in [0.29, 0.717) is 12.0 Å². The number of ether oxygens (including phenoxy) is 1. The number of carbonyl (C=O) groups is 2. The number of halogens is 4. The lowest BCUT2D eigenvalue weighted by Gasteiger charge is -2.30. The molecule has 2 aliphatic heterocycles. The smallest absolute Gasteiger partial charge is 0.338 e. The molecule has 2 aromatic rings. The molecule has 180 valence electrons. The van der Waals surface area contributed by atoms with Crippen molar-refractivity contribution in [3.63, 3.8) is 0 Å². The molecule has 3 heterocycles. The molecule has 4 rings (SSSR count). The van der Waals surface area contributed by atoms with Gasteiger partial charge in [-0.3, -0.25) is 9.89 Å². The lowest BCUT2D eigenvalue weighted by Crippen LogP contribution is -2.42. The van der Waals surface area contributed by atoms with Crippen molar-refractivity contribution >= 4 is 29.7 Å². The van der Waals surface area contributed by atoms with Gasteiger partial charge in [-0.25, -0.2) is 22.9 Å². The molecule has 34 heavy (non-hydrogen) atoms. The highest BCUT2D eigenvalue weighted by Crippen LogP contribution is 2.38. The number of nitrogens with one attached hydrogen (secondary N) is 1. The first-order valence-electron chi connectivity index (χ1n) is 10.2. The number of nitrogens with zero attached hydrogens (tertiary/aromatic N) is 3. The Labute approximate surface area is 197 Å². The van der Waals surface area contributed by atoms with Crippen molar-refractivity contribution in [2.45, 2.75) is 31.4 Å². The Hall–Kier alpha value is -3.18. The summed E-state index contributed by atoms with van der Waals surface area (Å²) in [5, 5.41) is 2.93. The Bertz CT molecular complexity index is 1200. The number of aromatic nitrogens is 1. The predicted octanol–water partition coefficient (Wildman–Crippen LogP) is 3.20. The summed E-state index contributed by atoms with van der Waals surface area (Å²) in [4.78, 5) is 34.3. The van der Waals surface area contributed by atoms with Crippen LogP contribution in [0.1, 0.15) is 29.6 Å². The average Bonchev–Trinajstić information content (AvgIpc) is 3.34. The number of carbonyl (C=O) groups excluding carboxylic acids is 2. The number of likely N-dealkylation sites (tertiary alicyclic amines) is 1. The number of methoxy groups -OCH3 is 1. The van der Waals surface area contributed by atoms with Gasteiger partial charge in [0.25, 0.3) is 11.8 Å². The number of hydrogen-bond acceptors (Lipinski definition) is 8. The fourth-order valence-corrected chi connectivity index (χ4v) is 4.29. The molecule has 1 aromatic carbocycles. The summed E-state index contributed by atoms with van der Waals surface area (Å²) in [7, 11) is 1.16. The van der Waals surface area contributed by atoms with Gasteiger partial charge in [0.15, 0.2) is 5.84 Å². The van der Waals surface area contributed by atoms with Crippen molar-refractivity contribution in [2.75, 3.05) is 20.2 Å². The van der Waals surface area contributed by atoms with E-state index >= 15 is 0 Å². The first-order chi connectivity index (χ1) is 16.1. The second-order valence-corrected chi connectivity index (χ2v) is 8.42. The molecule has 0 aliphatic carbocycles. The molecule has 1 N–H and O–H groups in total. The molecule has 2 atom stereocenters. The lowest BCUT2D eigenvalue weighted by atomic mass is 9.95. The zero-order chi connectivity index (χ0) is 24.6. The molecule has 0 spiro atoms. The van der Waals surface area contributed by atoms with E-state index in [1.165, 1.54) is 17.2 Å². The minimum Gasteiger partial charge on any atom is -0.466 e. The lowest BCUT2D eigenvalue weighted by molar-refractivity contribution is -0.136. The second-order valence-electron chi connectivity index (χ2n) is 8.02. The summed E-state index contributed by atoms with van der Waals surface area (Å²) < 4.78 is 52.2. The largest absolute Gasteiger partial charge is 0.466 e. The standard InChI is InChI=1S/C22H20ClF3N4O4/c1-11-9-34-20(27-11)19-28-16(7-30-10-22(25,26)6-13(30)8-31)17(21(32)33-2)18(29-19)14-4-3-12(24)5-15(14)23/h3-5,8-9,13,18H,6-7,10H2,1-2H3,(H,28,29)/t13?,18-/m0/s1. The molecule has 1 saturated heterocycles. The molecular weight excluding hydrogens is 477 g/mol. The molecular formula is C22H20ClF3N4O4. The van der Waals surface area contributed by atoms with Crippen LogP contribution in [0.5, 0.6) is 0 Å². The molecule has 1 fully saturated rings. The van der Waals surface area contributed by atoms with Gasteiger partial charge < -0.3 is 19.3 Å². The molecule has 12 heteroatoms. The predicted molar refractivity (Wildman–Crippen MR) is 115 cm³/mol. The Morgan fingerprint density at radius 2 is 2.21 bits per heavy atom. The van der Waals surface area contributed by atoms with Gasteiger partial charge >= 0.3 is 5.97 Å². The van der Waals surface area contributed by atoms with Gasteiger partial charge in [0.05, 0.1) is 31.0 Å². The number of aldehydes is 1. The van der Waals surface area contributed by atoms with E-state index in [1.807, 2.05) is 0 Å². The van der Waals surface area contributed by atoms with Gasteiger partial charge in [-0.15, -0.1) is 0 Å². The van der Waals surface area contributed by atoms with Crippen molar-refractivity contribution in [2.24, 2.45) is 4.99 Å². The van der Waals surface area contributed by atoms with E-state index in [1.54, 1.807) is 6.92 Å². The van der Waals surface area contributed by atoms with Crippen LogP contribution >= 0.6 is 11.6 Å². The highest BCUT2D eigenvalue weighted by atomic mass is 35.5. The third-order valence-corrected chi connectivity index (χ3v) is 5.87. The van der Waals surface area contributed by atoms with Crippen molar-refractivity contribution in [1.29, 1.82) is 0 Å². The van der Waals surface area contributed by atoms with Crippen molar-refractivity contribution in [1.82, 2.24) is 15.2 Å². The second kappa shape index (κ2) is 9.22. The van der Waals surface area contributed by atoms with Crippen molar-refractivity contribution < 1.29 is 31.9 Å². The van der Waals surface area contributed by atoms with Crippen LogP contribution in [-0.4, -0.2) is 60.1 Å². The molecule has 0 radical (unpaired) electrons. The Morgan fingerprint density at radius 1 is 1.44 bits per heavy atom. The van der Waals surface area contributed by atoms with E-state index in [2.05, 4.69) is 15.3 Å². The van der Waals surface area contributed by atoms with Crippen LogP contribution in [-0.2, 0) is 14.3 Å². The van der Waals surface area contributed by atoms with Crippen LogP contribution in [0.15, 0.2) is 45.1 Å². The van der Waals surface area contributed by atoms with Crippen LogP contribution in [0, 0.1) is 12.7 Å². The van der Waals surface area contributed by atoms with Crippen molar-refractivity contribution in [3.05, 3.63) is 63.7 Å². The van der Waals surface area contributed by atoms with Gasteiger partial charge in [0, 0.05) is 29.2 Å². The Kier molecular flexibility index (Phi) is 6.50. The first-order valence-corrected chi connectivity index (χ1v) is 10.6. The van der Waals surface area contributed by atoms with E-state index < -0.39 is 42.8 Å². The number of benzene rings is 1. The van der Waals surface area contributed by atoms with Crippen LogP contribution in [0.25, 0.3) is 0 Å². The maximum absolute atomic E-state index is 14.1. The van der Waals surface area contributed by atoms with Gasteiger partial charge in [-0.2, -0.15) is 0 Å². The summed E-state index contributed by atoms with van der Waals surface area (Å²) in [6, 6.07) is 1.46. The number of rotatable bonds is 6. The SMILES string of the molecule is COC(=O)C1=C(CN2CC(F)(F)CC2C=O)NC(c2nc(C)co2)=N[C@H]1c1ccc(F)cc1Cl. The molecule has 1 aromatic heterocycles. The van der Waals surface area contributed by atoms with E-state index in [4.69, 9.17) is 20.8 Å². The zero-order valence-electron chi connectivity index (χ0n) is 18.1.